The molecule has 0 bridgehead atoms. The van der Waals surface area contributed by atoms with E-state index in [0.29, 0.717) is 11.4 Å². The van der Waals surface area contributed by atoms with Crippen molar-refractivity contribution in [2.75, 3.05) is 12.0 Å². The van der Waals surface area contributed by atoms with E-state index in [2.05, 4.69) is 5.32 Å². The van der Waals surface area contributed by atoms with E-state index in [1.807, 2.05) is 0 Å². The lowest BCUT2D eigenvalue weighted by atomic mass is 10.1. The predicted octanol–water partition coefficient (Wildman–Crippen LogP) is 1.53. The van der Waals surface area contributed by atoms with E-state index in [1.54, 1.807) is 45.2 Å². The number of hydrogen-bond acceptors (Lipinski definition) is 3. The minimum absolute atomic E-state index is 0.257. The van der Waals surface area contributed by atoms with Crippen molar-refractivity contribution in [1.29, 1.82) is 0 Å². The molecule has 5 nitrogen and oxygen atoms in total. The van der Waals surface area contributed by atoms with E-state index in [1.165, 1.54) is 0 Å². The molecule has 1 aromatic carbocycles. The molecule has 0 atom stereocenters. The number of imide groups is 1. The first-order valence-corrected chi connectivity index (χ1v) is 5.26. The average Bonchev–Trinajstić information content (AvgIpc) is 2.49. The van der Waals surface area contributed by atoms with Crippen molar-refractivity contribution in [1.82, 2.24) is 5.32 Å². The lowest BCUT2D eigenvalue weighted by Crippen LogP contribution is -2.40. The maximum Gasteiger partial charge on any atom is 0.329 e. The Balaban J connectivity index is 2.34. The largest absolute Gasteiger partial charge is 0.497 e. The van der Waals surface area contributed by atoms with Gasteiger partial charge in [0.15, 0.2) is 0 Å². The molecule has 0 aliphatic carbocycles. The summed E-state index contributed by atoms with van der Waals surface area (Å²) in [6.45, 7) is 3.35. The molecule has 0 radical (unpaired) electrons. The summed E-state index contributed by atoms with van der Waals surface area (Å²) in [6, 6.07) is 6.38. The molecule has 1 aromatic rings. The van der Waals surface area contributed by atoms with Crippen molar-refractivity contribution in [3.63, 3.8) is 0 Å². The van der Waals surface area contributed by atoms with Gasteiger partial charge in [-0.1, -0.05) is 0 Å². The molecule has 2 rings (SSSR count). The van der Waals surface area contributed by atoms with Crippen LogP contribution in [-0.2, 0) is 4.79 Å². The Kier molecular flexibility index (Phi) is 2.53. The second kappa shape index (κ2) is 3.76. The van der Waals surface area contributed by atoms with Gasteiger partial charge in [0.2, 0.25) is 0 Å². The number of anilines is 1. The smallest absolute Gasteiger partial charge is 0.329 e. The number of ether oxygens (including phenoxy) is 1. The van der Waals surface area contributed by atoms with Crippen molar-refractivity contribution in [2.45, 2.75) is 19.4 Å². The zero-order chi connectivity index (χ0) is 12.6. The van der Waals surface area contributed by atoms with Gasteiger partial charge in [0.1, 0.15) is 11.3 Å². The van der Waals surface area contributed by atoms with Crippen LogP contribution in [0.3, 0.4) is 0 Å². The maximum atomic E-state index is 12.0. The van der Waals surface area contributed by atoms with Crippen LogP contribution in [0.25, 0.3) is 0 Å². The molecule has 1 fully saturated rings. The third kappa shape index (κ3) is 1.84. The van der Waals surface area contributed by atoms with Gasteiger partial charge in [-0.3, -0.25) is 4.79 Å². The van der Waals surface area contributed by atoms with Gasteiger partial charge in [-0.05, 0) is 38.1 Å². The topological polar surface area (TPSA) is 58.6 Å². The number of nitrogens with one attached hydrogen (secondary N) is 1. The molecule has 5 heteroatoms. The highest BCUT2D eigenvalue weighted by atomic mass is 16.5. The van der Waals surface area contributed by atoms with Crippen LogP contribution in [0.15, 0.2) is 24.3 Å². The number of amides is 3. The summed E-state index contributed by atoms with van der Waals surface area (Å²) < 4.78 is 5.02. The third-order valence-electron chi connectivity index (χ3n) is 2.69. The van der Waals surface area contributed by atoms with E-state index < -0.39 is 11.6 Å². The van der Waals surface area contributed by atoms with Gasteiger partial charge in [-0.15, -0.1) is 0 Å². The third-order valence-corrected chi connectivity index (χ3v) is 2.69. The molecule has 0 aromatic heterocycles. The molecule has 1 saturated heterocycles. The summed E-state index contributed by atoms with van der Waals surface area (Å²) in [5, 5.41) is 2.63. The van der Waals surface area contributed by atoms with Gasteiger partial charge < -0.3 is 10.1 Å². The lowest BCUT2D eigenvalue weighted by molar-refractivity contribution is -0.121. The van der Waals surface area contributed by atoms with Crippen LogP contribution >= 0.6 is 0 Å². The molecule has 1 aliphatic rings. The van der Waals surface area contributed by atoms with E-state index in [0.717, 1.165) is 4.90 Å². The normalized spacial score (nSPS) is 18.2. The number of benzene rings is 1. The number of rotatable bonds is 2. The van der Waals surface area contributed by atoms with Crippen LogP contribution in [0.5, 0.6) is 5.75 Å². The highest BCUT2D eigenvalue weighted by Gasteiger charge is 2.44. The predicted molar refractivity (Wildman–Crippen MR) is 63.1 cm³/mol. The van der Waals surface area contributed by atoms with Gasteiger partial charge >= 0.3 is 6.03 Å². The zero-order valence-corrected chi connectivity index (χ0v) is 9.98. The molecule has 0 unspecified atom stereocenters. The summed E-state index contributed by atoms with van der Waals surface area (Å²) in [4.78, 5) is 24.9. The Morgan fingerprint density at radius 2 is 1.76 bits per heavy atom. The number of urea groups is 1. The average molecular weight is 234 g/mol. The molecule has 17 heavy (non-hydrogen) atoms. The zero-order valence-electron chi connectivity index (χ0n) is 9.98. The van der Waals surface area contributed by atoms with E-state index >= 15 is 0 Å². The highest BCUT2D eigenvalue weighted by molar-refractivity contribution is 6.23. The van der Waals surface area contributed by atoms with Crippen molar-refractivity contribution < 1.29 is 14.3 Å². The standard InChI is InChI=1S/C12H14N2O3/c1-12(2)10(15)14(11(16)13-12)8-4-6-9(17-3)7-5-8/h4-7H,1-3H3,(H,13,16). The van der Waals surface area contributed by atoms with E-state index in [9.17, 15) is 9.59 Å². The van der Waals surface area contributed by atoms with Crippen LogP contribution in [-0.4, -0.2) is 24.6 Å². The van der Waals surface area contributed by atoms with Gasteiger partial charge in [-0.25, -0.2) is 9.69 Å². The summed E-state index contributed by atoms with van der Waals surface area (Å²) in [6.07, 6.45) is 0. The summed E-state index contributed by atoms with van der Waals surface area (Å²) in [7, 11) is 1.56. The molecule has 0 saturated carbocycles. The number of carbonyl (C=O) groups is 2. The minimum atomic E-state index is -0.850. The Labute approximate surface area is 99.4 Å². The second-order valence-electron chi connectivity index (χ2n) is 4.39. The summed E-state index contributed by atoms with van der Waals surface area (Å²) >= 11 is 0. The maximum absolute atomic E-state index is 12.0. The number of methoxy groups -OCH3 is 1. The fraction of sp³-hybridized carbons (Fsp3) is 0.333. The fourth-order valence-electron chi connectivity index (χ4n) is 1.71. The Bertz CT molecular complexity index is 465. The summed E-state index contributed by atoms with van der Waals surface area (Å²) in [5.41, 5.74) is -0.310. The molecular weight excluding hydrogens is 220 g/mol. The van der Waals surface area contributed by atoms with E-state index in [4.69, 9.17) is 4.74 Å². The van der Waals surface area contributed by atoms with Gasteiger partial charge in [0.05, 0.1) is 12.8 Å². The van der Waals surface area contributed by atoms with Crippen molar-refractivity contribution in [3.05, 3.63) is 24.3 Å². The molecule has 1 N–H and O–H groups in total. The van der Waals surface area contributed by atoms with Gasteiger partial charge in [0.25, 0.3) is 5.91 Å². The molecule has 3 amide bonds. The fourth-order valence-corrected chi connectivity index (χ4v) is 1.71. The van der Waals surface area contributed by atoms with Crippen molar-refractivity contribution in [2.24, 2.45) is 0 Å². The number of hydrogen-bond donors (Lipinski definition) is 1. The van der Waals surface area contributed by atoms with Crippen molar-refractivity contribution in [3.8, 4) is 5.75 Å². The first-order chi connectivity index (χ1) is 7.95. The van der Waals surface area contributed by atoms with Crippen LogP contribution in [0, 0.1) is 0 Å². The van der Waals surface area contributed by atoms with Crippen LogP contribution in [0.1, 0.15) is 13.8 Å². The first-order valence-electron chi connectivity index (χ1n) is 5.26. The minimum Gasteiger partial charge on any atom is -0.497 e. The van der Waals surface area contributed by atoms with Gasteiger partial charge in [0, 0.05) is 0 Å². The Morgan fingerprint density at radius 3 is 2.18 bits per heavy atom. The van der Waals surface area contributed by atoms with Gasteiger partial charge in [-0.2, -0.15) is 0 Å². The molecule has 1 heterocycles. The number of nitrogens with zero attached hydrogens (tertiary/aromatic N) is 1. The quantitative estimate of drug-likeness (QED) is 0.789. The summed E-state index contributed by atoms with van der Waals surface area (Å²) in [5.74, 6) is 0.424. The Morgan fingerprint density at radius 1 is 1.18 bits per heavy atom. The van der Waals surface area contributed by atoms with Crippen LogP contribution < -0.4 is 15.0 Å². The first kappa shape index (κ1) is 11.4. The molecular formula is C12H14N2O3. The van der Waals surface area contributed by atoms with Crippen LogP contribution in [0.2, 0.25) is 0 Å². The molecule has 90 valence electrons. The SMILES string of the molecule is COc1ccc(N2C(=O)NC(C)(C)C2=O)cc1. The second-order valence-corrected chi connectivity index (χ2v) is 4.39. The van der Waals surface area contributed by atoms with Crippen molar-refractivity contribution >= 4 is 17.6 Å². The molecule has 0 spiro atoms. The molecule has 1 aliphatic heterocycles. The highest BCUT2D eigenvalue weighted by Crippen LogP contribution is 2.25. The lowest BCUT2D eigenvalue weighted by Gasteiger charge is -2.16. The van der Waals surface area contributed by atoms with Crippen LogP contribution in [0.4, 0.5) is 10.5 Å². The number of carbonyl (C=O) groups excluding carboxylic acids is 2. The monoisotopic (exact) mass is 234 g/mol. The van der Waals surface area contributed by atoms with E-state index in [-0.39, 0.29) is 5.91 Å². The Hall–Kier alpha value is -2.04.